The molecule has 0 saturated carbocycles. The second kappa shape index (κ2) is 23.3. The number of benzene rings is 5. The van der Waals surface area contributed by atoms with Gasteiger partial charge in [-0.2, -0.15) is 0 Å². The molecule has 11 N–H and O–H groups in total. The van der Waals surface area contributed by atoms with Crippen LogP contribution in [0.4, 0.5) is 17.1 Å². The molecule has 0 aliphatic rings. The number of aromatic amines is 2. The van der Waals surface area contributed by atoms with Crippen molar-refractivity contribution in [2.75, 3.05) is 16.8 Å². The van der Waals surface area contributed by atoms with Crippen molar-refractivity contribution in [3.63, 3.8) is 0 Å². The van der Waals surface area contributed by atoms with Crippen molar-refractivity contribution < 1.29 is 68.4 Å². The van der Waals surface area contributed by atoms with E-state index in [1.165, 1.54) is 12.4 Å². The molecule has 0 bridgehead atoms. The molecule has 0 unspecified atom stereocenters. The lowest BCUT2D eigenvalue weighted by Gasteiger charge is -2.28. The third kappa shape index (κ3) is 15.4. The van der Waals surface area contributed by atoms with Crippen LogP contribution < -0.4 is 27.6 Å². The summed E-state index contributed by atoms with van der Waals surface area (Å²) >= 11 is 0. The van der Waals surface area contributed by atoms with Crippen LogP contribution in [-0.2, 0) is 32.5 Å². The Morgan fingerprint density at radius 1 is 0.513 bits per heavy atom. The van der Waals surface area contributed by atoms with Gasteiger partial charge in [0.25, 0.3) is 5.91 Å². The van der Waals surface area contributed by atoms with Crippen molar-refractivity contribution in [1.29, 1.82) is 0 Å². The number of anilines is 3. The summed E-state index contributed by atoms with van der Waals surface area (Å²) < 4.78 is 219. The number of fused-ring (bicyclic) bond motifs is 2. The maximum atomic E-state index is 13.1. The highest BCUT2D eigenvalue weighted by Crippen LogP contribution is 2.41. The summed E-state index contributed by atoms with van der Waals surface area (Å²) in [4.78, 5) is 53.9. The number of pyridine rings is 2. The summed E-state index contributed by atoms with van der Waals surface area (Å²) in [5, 5.41) is 43.5. The first kappa shape index (κ1) is 32.4. The van der Waals surface area contributed by atoms with Gasteiger partial charge in [-0.1, -0.05) is 148 Å². The summed E-state index contributed by atoms with van der Waals surface area (Å²) in [6.45, 7) is -16.3. The number of aromatic carboxylic acids is 1. The van der Waals surface area contributed by atoms with Gasteiger partial charge in [0.05, 0.1) is 1.37 Å². The smallest absolute Gasteiger partial charge is 0.341 e. The molecule has 7 aromatic rings. The molecule has 0 radical (unpaired) electrons. The highest BCUT2D eigenvalue weighted by molar-refractivity contribution is 6.06. The molecule has 7 rings (SSSR count). The molecule has 0 aliphatic carbocycles. The summed E-state index contributed by atoms with van der Waals surface area (Å²) in [6.07, 6.45) is 2.45. The monoisotopic (exact) mass is 1090 g/mol. The van der Waals surface area contributed by atoms with E-state index >= 15 is 0 Å². The van der Waals surface area contributed by atoms with Crippen LogP contribution in [0, 0.1) is 0 Å². The third-order valence-electron chi connectivity index (χ3n) is 11.3. The van der Waals surface area contributed by atoms with Crippen molar-refractivity contribution in [2.45, 2.75) is 156 Å². The van der Waals surface area contributed by atoms with Gasteiger partial charge in [0.2, 0.25) is 10.9 Å². The quantitative estimate of drug-likeness (QED) is 0.0758. The number of phenols is 3. The zero-order valence-corrected chi connectivity index (χ0v) is 44.0. The molecule has 0 aliphatic heterocycles. The number of aromatic hydroxyl groups is 3. The number of hydrogen-bond donors (Lipinski definition) is 9. The van der Waals surface area contributed by atoms with Crippen LogP contribution in [0.5, 0.6) is 17.2 Å². The Labute approximate surface area is 494 Å². The Morgan fingerprint density at radius 2 is 0.882 bits per heavy atom. The number of nitrogen functional groups attached to an aromatic ring is 2. The Hall–Kier alpha value is -7.25. The van der Waals surface area contributed by atoms with E-state index in [0.29, 0.717) is 22.0 Å². The Bertz CT molecular complexity index is 4340. The van der Waals surface area contributed by atoms with Gasteiger partial charge in [-0.05, 0) is 108 Å². The molecule has 14 heteroatoms. The normalized spacial score (nSPS) is 18.9. The average molecular weight is 1090 g/mol. The van der Waals surface area contributed by atoms with Crippen LogP contribution in [-0.4, -0.2) is 42.3 Å². The molecule has 76 heavy (non-hydrogen) atoms. The summed E-state index contributed by atoms with van der Waals surface area (Å²) in [5.41, 5.74) is -2.75. The number of para-hydroxylation sites is 2. The van der Waals surface area contributed by atoms with Gasteiger partial charge in [-0.3, -0.25) is 14.4 Å². The predicted molar refractivity (Wildman–Crippen MR) is 317 cm³/mol. The zero-order chi connectivity index (χ0) is 80.5. The lowest BCUT2D eigenvalue weighted by atomic mass is 9.79. The van der Waals surface area contributed by atoms with Crippen LogP contribution in [0.25, 0.3) is 21.8 Å². The van der Waals surface area contributed by atoms with E-state index in [0.717, 1.165) is 30.3 Å². The fourth-order valence-corrected chi connectivity index (χ4v) is 7.48. The number of carboxylic acid groups (broad SMARTS) is 1. The number of carbonyl (C=O) groups is 2. The highest BCUT2D eigenvalue weighted by Gasteiger charge is 2.28. The van der Waals surface area contributed by atoms with E-state index in [1.807, 2.05) is 0 Å². The molecule has 0 atom stereocenters. The van der Waals surface area contributed by atoms with Gasteiger partial charge in [0, 0.05) is 106 Å². The number of carbonyl (C=O) groups excluding carboxylic acids is 1. The molecule has 13 nitrogen and oxygen atoms in total. The number of rotatable bonds is 3. The molecule has 410 valence electrons. The minimum atomic E-state index is -3.58. The van der Waals surface area contributed by atoms with Crippen molar-refractivity contribution in [3.8, 4) is 17.2 Å². The first-order valence-corrected chi connectivity index (χ1v) is 22.7. The number of carboxylic acids is 1. The topological polar surface area (TPSA) is 245 Å². The van der Waals surface area contributed by atoms with Crippen molar-refractivity contribution in [1.82, 2.24) is 9.97 Å². The molecule has 0 saturated heterocycles. The lowest BCUT2D eigenvalue weighted by Crippen LogP contribution is -2.25. The van der Waals surface area contributed by atoms with Crippen molar-refractivity contribution >= 4 is 63.2 Å². The predicted octanol–water partition coefficient (Wildman–Crippen LogP) is 13.9. The first-order valence-electron chi connectivity index (χ1n) is 36.7. The van der Waals surface area contributed by atoms with E-state index in [9.17, 15) is 34.5 Å². The van der Waals surface area contributed by atoms with Gasteiger partial charge < -0.3 is 47.2 Å². The minimum absolute atomic E-state index is 0. The zero-order valence-electron chi connectivity index (χ0n) is 71.1. The van der Waals surface area contributed by atoms with Crippen LogP contribution in [0.1, 0.15) is 216 Å². The second-order valence-electron chi connectivity index (χ2n) is 20.6. The highest BCUT2D eigenvalue weighted by atomic mass is 35.5. The van der Waals surface area contributed by atoms with E-state index in [4.69, 9.17) is 55.0 Å². The minimum Gasteiger partial charge on any atom is -0.508 e. The van der Waals surface area contributed by atoms with Gasteiger partial charge in [-0.15, -0.1) is 12.4 Å². The van der Waals surface area contributed by atoms with Crippen LogP contribution in [0.3, 0.4) is 0 Å². The molecule has 1 amide bonds. The van der Waals surface area contributed by atoms with Gasteiger partial charge in [0.1, 0.15) is 28.4 Å². The Balaban J connectivity index is 0.000000377. The summed E-state index contributed by atoms with van der Waals surface area (Å²) in [7, 11) is 0. The Morgan fingerprint density at radius 3 is 1.30 bits per heavy atom. The number of halogens is 1. The molecule has 5 aromatic carbocycles. The van der Waals surface area contributed by atoms with E-state index in [1.54, 1.807) is 111 Å². The Kier molecular flexibility index (Phi) is 9.93. The van der Waals surface area contributed by atoms with E-state index in [-0.39, 0.29) is 57.1 Å². The second-order valence-corrected chi connectivity index (χ2v) is 20.6. The van der Waals surface area contributed by atoms with Crippen LogP contribution in [0.15, 0.2) is 107 Å². The van der Waals surface area contributed by atoms with Crippen LogP contribution >= 0.6 is 12.4 Å². The van der Waals surface area contributed by atoms with Crippen LogP contribution in [0.2, 0.25) is 0 Å². The van der Waals surface area contributed by atoms with E-state index in [2.05, 4.69) is 15.3 Å². The molecule has 0 spiro atoms. The van der Waals surface area contributed by atoms with Gasteiger partial charge in [0.15, 0.2) is 0 Å². The van der Waals surface area contributed by atoms with Crippen molar-refractivity contribution in [3.05, 3.63) is 162 Å². The largest absolute Gasteiger partial charge is 0.508 e. The lowest BCUT2D eigenvalue weighted by molar-refractivity contribution is 0.0695. The number of hydrogen-bond acceptors (Lipinski definition) is 9. The fraction of sp³-hybridized carbons (Fsp3) is 0.387. The number of phenolic OH excluding ortho intramolecular Hbond substituents is 3. The first-order chi connectivity index (χ1) is 45.8. The third-order valence-corrected chi connectivity index (χ3v) is 11.3. The number of aromatic nitrogens is 2. The molecule has 0 fully saturated rings. The molecule has 2 heterocycles. The number of nitrogens with one attached hydrogen (secondary N) is 3. The number of H-pyrrole nitrogens is 2. The van der Waals surface area contributed by atoms with E-state index < -0.39 is 157 Å². The van der Waals surface area contributed by atoms with Crippen molar-refractivity contribution in [2.24, 2.45) is 0 Å². The van der Waals surface area contributed by atoms with Gasteiger partial charge >= 0.3 is 5.97 Å². The number of nitrogens with two attached hydrogens (primary N) is 2. The maximum Gasteiger partial charge on any atom is 0.341 e. The SMILES string of the molecule is Cl.O=C(O)c1c[nH]c2ccccc2c1=O.[2H]C([2H])([2H])C(c1cc(C(C)(C)C)c(N)cc1O)(C([2H])([2H])[2H])C([2H])([2H])[2H].[2H]C([2H])([2H])C(c1cc(C(C)(C)C)c(NC(=O)c2c[nH]c3ccccc3c2=O)cc1O)(C([2H])([2H])[2H])C([2H])([2H])[2H].[2H]c1c(N)c(C(C)(C)C)cc(C(C([2H])([2H])[2H])(C([2H])([2H])[2H])C([2H])([2H])[2H])c1O. The average Bonchev–Trinajstić information content (AvgIpc) is 0.710. The summed E-state index contributed by atoms with van der Waals surface area (Å²) in [5.74, 6) is -4.82. The number of amides is 1. The van der Waals surface area contributed by atoms with Gasteiger partial charge in [-0.25, -0.2) is 4.79 Å². The molecular formula is C62H82ClN5O8. The molecular weight excluding hydrogens is 978 g/mol. The fourth-order valence-electron chi connectivity index (χ4n) is 7.48. The molecule has 2 aromatic heterocycles. The summed E-state index contributed by atoms with van der Waals surface area (Å²) in [6, 6.07) is 17.7. The standard InChI is InChI=1S/C24H28N2O3.2C14H23NO.C10H7NO3.ClH/c1-23(2,3)16-11-17(24(4,5)6)20(27)12-19(16)26-22(29)15-13-25-18-10-8-7-9-14(18)21(15)28;2*1-13(2,3)9-7-10(14(4,5)6)12(16)8-11(9)15;12-9-6-3-1-2-4-8(6)11-5-7(9)10(13)14;/h7-13,27H,1-6H3,(H,25,28)(H,26,29);2*7-8,16H,15H2,1-6H3;1-5H,(H,11,12)(H,13,14);1H/i4D3,5D3,6D3;4D3,5D3,6D3,8D;4D3,5D3,6D3;;. The maximum absolute atomic E-state index is 13.1.